The second kappa shape index (κ2) is 4.94. The highest BCUT2D eigenvalue weighted by Crippen LogP contribution is 2.26. The van der Waals surface area contributed by atoms with Gasteiger partial charge < -0.3 is 9.72 Å². The summed E-state index contributed by atoms with van der Waals surface area (Å²) in [6.07, 6.45) is 0. The molecule has 0 aliphatic rings. The zero-order valence-electron chi connectivity index (χ0n) is 9.99. The van der Waals surface area contributed by atoms with Gasteiger partial charge >= 0.3 is 5.97 Å². The van der Waals surface area contributed by atoms with Crippen molar-refractivity contribution >= 4 is 32.8 Å². The Kier molecular flexibility index (Phi) is 3.52. The summed E-state index contributed by atoms with van der Waals surface area (Å²) in [6, 6.07) is 6.95. The molecule has 5 heteroatoms. The number of hydrogen-bond donors (Lipinski definition) is 1. The zero-order chi connectivity index (χ0) is 13.3. The molecule has 0 radical (unpaired) electrons. The van der Waals surface area contributed by atoms with Crippen LogP contribution in [0.4, 0.5) is 0 Å². The molecule has 2 rings (SSSR count). The quantitative estimate of drug-likeness (QED) is 0.867. The number of aromatic amines is 1. The van der Waals surface area contributed by atoms with Gasteiger partial charge in [0, 0.05) is 21.4 Å². The normalized spacial score (nSPS) is 12.4. The number of nitrogens with one attached hydrogen (secondary N) is 1. The number of esters is 1. The first kappa shape index (κ1) is 12.8. The maximum atomic E-state index is 11.6. The lowest BCUT2D eigenvalue weighted by atomic mass is 9.97. The molecule has 0 spiro atoms. The number of methoxy groups -OCH3 is 1. The van der Waals surface area contributed by atoms with Crippen LogP contribution in [0.15, 0.2) is 33.5 Å². The summed E-state index contributed by atoms with van der Waals surface area (Å²) < 4.78 is 5.61. The van der Waals surface area contributed by atoms with E-state index in [1.165, 1.54) is 13.2 Å². The number of hydrogen-bond acceptors (Lipinski definition) is 3. The Morgan fingerprint density at radius 1 is 1.39 bits per heavy atom. The molecule has 18 heavy (non-hydrogen) atoms. The first-order valence-electron chi connectivity index (χ1n) is 5.43. The van der Waals surface area contributed by atoms with Crippen LogP contribution in [-0.2, 0) is 9.53 Å². The minimum atomic E-state index is -0.478. The summed E-state index contributed by atoms with van der Waals surface area (Å²) in [6.45, 7) is 1.72. The molecule has 0 fully saturated rings. The van der Waals surface area contributed by atoms with Crippen molar-refractivity contribution in [2.75, 3.05) is 7.11 Å². The second-order valence-corrected chi connectivity index (χ2v) is 4.94. The Morgan fingerprint density at radius 3 is 2.78 bits per heavy atom. The van der Waals surface area contributed by atoms with Crippen molar-refractivity contribution in [1.29, 1.82) is 0 Å². The third-order valence-corrected chi connectivity index (χ3v) is 3.35. The van der Waals surface area contributed by atoms with Crippen molar-refractivity contribution in [3.05, 3.63) is 44.7 Å². The number of halogens is 1. The van der Waals surface area contributed by atoms with Crippen LogP contribution < -0.4 is 5.56 Å². The molecule has 1 aromatic carbocycles. The minimum Gasteiger partial charge on any atom is -0.469 e. The smallest absolute Gasteiger partial charge is 0.312 e. The van der Waals surface area contributed by atoms with Gasteiger partial charge in [-0.3, -0.25) is 9.59 Å². The molecule has 0 amide bonds. The van der Waals surface area contributed by atoms with E-state index in [0.29, 0.717) is 11.1 Å². The van der Waals surface area contributed by atoms with Gasteiger partial charge in [0.15, 0.2) is 0 Å². The molecular formula is C13H12BrNO3. The van der Waals surface area contributed by atoms with Gasteiger partial charge in [-0.05, 0) is 30.7 Å². The van der Waals surface area contributed by atoms with Crippen LogP contribution in [0.3, 0.4) is 0 Å². The molecule has 0 bridgehead atoms. The van der Waals surface area contributed by atoms with Gasteiger partial charge in [0.25, 0.3) is 0 Å². The second-order valence-electron chi connectivity index (χ2n) is 4.02. The fourth-order valence-electron chi connectivity index (χ4n) is 1.91. The predicted molar refractivity (Wildman–Crippen MR) is 72.7 cm³/mol. The summed E-state index contributed by atoms with van der Waals surface area (Å²) in [5.41, 5.74) is 1.15. The van der Waals surface area contributed by atoms with Crippen molar-refractivity contribution in [1.82, 2.24) is 4.98 Å². The number of fused-ring (bicyclic) bond motifs is 1. The molecule has 1 unspecified atom stereocenters. The molecule has 4 nitrogen and oxygen atoms in total. The van der Waals surface area contributed by atoms with Gasteiger partial charge in [-0.1, -0.05) is 15.9 Å². The first-order chi connectivity index (χ1) is 8.52. The van der Waals surface area contributed by atoms with E-state index in [1.807, 2.05) is 12.1 Å². The molecule has 0 saturated carbocycles. The van der Waals surface area contributed by atoms with E-state index in [-0.39, 0.29) is 11.5 Å². The summed E-state index contributed by atoms with van der Waals surface area (Å²) in [5, 5.41) is 0.835. The number of rotatable bonds is 2. The van der Waals surface area contributed by atoms with Crippen molar-refractivity contribution in [2.24, 2.45) is 0 Å². The number of carbonyl (C=O) groups excluding carboxylic acids is 1. The van der Waals surface area contributed by atoms with Crippen LogP contribution >= 0.6 is 15.9 Å². The van der Waals surface area contributed by atoms with E-state index in [4.69, 9.17) is 4.74 Å². The predicted octanol–water partition coefficient (Wildman–Crippen LogP) is 2.57. The molecule has 1 heterocycles. The van der Waals surface area contributed by atoms with E-state index >= 15 is 0 Å². The van der Waals surface area contributed by atoms with Crippen LogP contribution in [0.25, 0.3) is 10.9 Å². The summed E-state index contributed by atoms with van der Waals surface area (Å²) in [5.74, 6) is -0.837. The van der Waals surface area contributed by atoms with Gasteiger partial charge in [0.05, 0.1) is 13.0 Å². The third-order valence-electron chi connectivity index (χ3n) is 2.86. The van der Waals surface area contributed by atoms with E-state index in [2.05, 4.69) is 20.9 Å². The third kappa shape index (κ3) is 2.31. The monoisotopic (exact) mass is 309 g/mol. The average molecular weight is 310 g/mol. The Bertz CT molecular complexity index is 663. The zero-order valence-corrected chi connectivity index (χ0v) is 11.6. The number of ether oxygens (including phenoxy) is 1. The SMILES string of the molecule is COC(=O)C(C)c1cc(=O)[nH]c2ccc(Br)cc12. The van der Waals surface area contributed by atoms with E-state index in [0.717, 1.165) is 9.86 Å². The average Bonchev–Trinajstić information content (AvgIpc) is 2.36. The highest BCUT2D eigenvalue weighted by Gasteiger charge is 2.19. The van der Waals surface area contributed by atoms with E-state index < -0.39 is 5.92 Å². The van der Waals surface area contributed by atoms with Gasteiger partial charge in [0.1, 0.15) is 0 Å². The van der Waals surface area contributed by atoms with Crippen molar-refractivity contribution in [3.63, 3.8) is 0 Å². The summed E-state index contributed by atoms with van der Waals surface area (Å²) in [7, 11) is 1.34. The largest absolute Gasteiger partial charge is 0.469 e. The number of pyridine rings is 1. The lowest BCUT2D eigenvalue weighted by molar-refractivity contribution is -0.141. The molecule has 0 saturated heterocycles. The Balaban J connectivity index is 2.72. The van der Waals surface area contributed by atoms with Crippen LogP contribution in [0, 0.1) is 0 Å². The molecular weight excluding hydrogens is 298 g/mol. The Labute approximate surface area is 112 Å². The molecule has 0 aliphatic heterocycles. The van der Waals surface area contributed by atoms with Crippen LogP contribution in [0.2, 0.25) is 0 Å². The fraction of sp³-hybridized carbons (Fsp3) is 0.231. The van der Waals surface area contributed by atoms with Crippen molar-refractivity contribution in [3.8, 4) is 0 Å². The number of aromatic nitrogens is 1. The maximum Gasteiger partial charge on any atom is 0.312 e. The topological polar surface area (TPSA) is 59.2 Å². The molecule has 2 aromatic rings. The molecule has 1 aromatic heterocycles. The standard InChI is InChI=1S/C13H12BrNO3/c1-7(13(17)18-2)9-6-12(16)15-11-4-3-8(14)5-10(9)11/h3-7H,1-2H3,(H,15,16). The van der Waals surface area contributed by atoms with Crippen molar-refractivity contribution < 1.29 is 9.53 Å². The molecule has 1 N–H and O–H groups in total. The van der Waals surface area contributed by atoms with Crippen LogP contribution in [0.1, 0.15) is 18.4 Å². The minimum absolute atomic E-state index is 0.226. The van der Waals surface area contributed by atoms with Crippen LogP contribution in [-0.4, -0.2) is 18.1 Å². The molecule has 0 aliphatic carbocycles. The van der Waals surface area contributed by atoms with Gasteiger partial charge in [-0.15, -0.1) is 0 Å². The maximum absolute atomic E-state index is 11.6. The van der Waals surface area contributed by atoms with Crippen LogP contribution in [0.5, 0.6) is 0 Å². The molecule has 94 valence electrons. The van der Waals surface area contributed by atoms with Gasteiger partial charge in [0.2, 0.25) is 5.56 Å². The lowest BCUT2D eigenvalue weighted by Gasteiger charge is -2.12. The number of benzene rings is 1. The molecule has 1 atom stereocenters. The fourth-order valence-corrected chi connectivity index (χ4v) is 2.28. The number of H-pyrrole nitrogens is 1. The van der Waals surface area contributed by atoms with Gasteiger partial charge in [-0.2, -0.15) is 0 Å². The van der Waals surface area contributed by atoms with Gasteiger partial charge in [-0.25, -0.2) is 0 Å². The summed E-state index contributed by atoms with van der Waals surface area (Å²) in [4.78, 5) is 25.9. The Morgan fingerprint density at radius 2 is 2.11 bits per heavy atom. The highest BCUT2D eigenvalue weighted by molar-refractivity contribution is 9.10. The highest BCUT2D eigenvalue weighted by atomic mass is 79.9. The van der Waals surface area contributed by atoms with E-state index in [1.54, 1.807) is 13.0 Å². The summed E-state index contributed by atoms with van der Waals surface area (Å²) >= 11 is 3.38. The Hall–Kier alpha value is -1.62. The van der Waals surface area contributed by atoms with Crippen molar-refractivity contribution in [2.45, 2.75) is 12.8 Å². The van der Waals surface area contributed by atoms with E-state index in [9.17, 15) is 9.59 Å². The first-order valence-corrected chi connectivity index (χ1v) is 6.22. The number of carbonyl (C=O) groups is 1. The lowest BCUT2D eigenvalue weighted by Crippen LogP contribution is -2.15.